The Morgan fingerprint density at radius 2 is 1.59 bits per heavy atom. The molecule has 0 heterocycles. The zero-order valence-electron chi connectivity index (χ0n) is 14.7. The van der Waals surface area contributed by atoms with Crippen LogP contribution in [0.1, 0.15) is 11.1 Å². The number of rotatable bonds is 8. The highest BCUT2D eigenvalue weighted by molar-refractivity contribution is 5.77. The van der Waals surface area contributed by atoms with Crippen LogP contribution in [0.15, 0.2) is 78.9 Å². The van der Waals surface area contributed by atoms with E-state index in [0.29, 0.717) is 13.2 Å². The second kappa shape index (κ2) is 9.38. The van der Waals surface area contributed by atoms with Crippen molar-refractivity contribution in [1.82, 2.24) is 5.32 Å². The monoisotopic (exact) mass is 365 g/mol. The Kier molecular flexibility index (Phi) is 6.41. The molecule has 0 fully saturated rings. The largest absolute Gasteiger partial charge is 0.489 e. The van der Waals surface area contributed by atoms with E-state index in [9.17, 15) is 9.18 Å². The summed E-state index contributed by atoms with van der Waals surface area (Å²) in [5.74, 6) is -0.0282. The molecule has 138 valence electrons. The van der Waals surface area contributed by atoms with Crippen LogP contribution in [0.5, 0.6) is 11.5 Å². The van der Waals surface area contributed by atoms with Gasteiger partial charge in [0.15, 0.2) is 18.2 Å². The number of amides is 1. The number of benzene rings is 3. The van der Waals surface area contributed by atoms with E-state index in [1.807, 2.05) is 54.6 Å². The van der Waals surface area contributed by atoms with Gasteiger partial charge in [0.25, 0.3) is 5.91 Å². The van der Waals surface area contributed by atoms with E-state index in [1.54, 1.807) is 12.1 Å². The lowest BCUT2D eigenvalue weighted by molar-refractivity contribution is -0.123. The summed E-state index contributed by atoms with van der Waals surface area (Å²) < 4.78 is 24.4. The first-order chi connectivity index (χ1) is 13.2. The first-order valence-corrected chi connectivity index (χ1v) is 8.60. The van der Waals surface area contributed by atoms with Gasteiger partial charge in [-0.25, -0.2) is 4.39 Å². The number of hydrogen-bond acceptors (Lipinski definition) is 3. The average Bonchev–Trinajstić information content (AvgIpc) is 2.71. The lowest BCUT2D eigenvalue weighted by Crippen LogP contribution is -2.28. The third-order valence-electron chi connectivity index (χ3n) is 3.83. The van der Waals surface area contributed by atoms with Gasteiger partial charge in [0.05, 0.1) is 0 Å². The van der Waals surface area contributed by atoms with Gasteiger partial charge in [0, 0.05) is 6.54 Å². The minimum absolute atomic E-state index is 0.0592. The molecule has 0 unspecified atom stereocenters. The van der Waals surface area contributed by atoms with Crippen molar-refractivity contribution in [1.29, 1.82) is 0 Å². The summed E-state index contributed by atoms with van der Waals surface area (Å²) in [6.45, 7) is 0.570. The smallest absolute Gasteiger partial charge is 0.258 e. The van der Waals surface area contributed by atoms with E-state index in [2.05, 4.69) is 5.32 Å². The molecular weight excluding hydrogens is 345 g/mol. The molecule has 3 aromatic carbocycles. The highest BCUT2D eigenvalue weighted by atomic mass is 19.1. The number of carbonyl (C=O) groups excluding carboxylic acids is 1. The fourth-order valence-corrected chi connectivity index (χ4v) is 2.44. The molecule has 0 spiro atoms. The van der Waals surface area contributed by atoms with Gasteiger partial charge in [0.1, 0.15) is 12.4 Å². The Morgan fingerprint density at radius 1 is 0.852 bits per heavy atom. The van der Waals surface area contributed by atoms with Crippen LogP contribution in [0.3, 0.4) is 0 Å². The van der Waals surface area contributed by atoms with E-state index in [4.69, 9.17) is 9.47 Å². The number of nitrogens with one attached hydrogen (secondary N) is 1. The van der Waals surface area contributed by atoms with Crippen molar-refractivity contribution < 1.29 is 18.7 Å². The number of carbonyl (C=O) groups is 1. The number of hydrogen-bond donors (Lipinski definition) is 1. The maximum absolute atomic E-state index is 13.5. The van der Waals surface area contributed by atoms with Crippen molar-refractivity contribution in [2.45, 2.75) is 13.2 Å². The first-order valence-electron chi connectivity index (χ1n) is 8.60. The minimum atomic E-state index is -0.492. The molecule has 0 aliphatic carbocycles. The fourth-order valence-electron chi connectivity index (χ4n) is 2.44. The van der Waals surface area contributed by atoms with Gasteiger partial charge in [-0.3, -0.25) is 4.79 Å². The summed E-state index contributed by atoms with van der Waals surface area (Å²) in [6, 6.07) is 23.4. The van der Waals surface area contributed by atoms with Crippen LogP contribution in [0.4, 0.5) is 4.39 Å². The molecule has 1 amide bonds. The zero-order chi connectivity index (χ0) is 18.9. The van der Waals surface area contributed by atoms with E-state index < -0.39 is 5.82 Å². The topological polar surface area (TPSA) is 47.6 Å². The van der Waals surface area contributed by atoms with Crippen molar-refractivity contribution in [2.24, 2.45) is 0 Å². The summed E-state index contributed by atoms with van der Waals surface area (Å²) in [5.41, 5.74) is 1.99. The second-order valence-electron chi connectivity index (χ2n) is 5.92. The molecule has 3 aromatic rings. The molecule has 0 radical (unpaired) electrons. The summed E-state index contributed by atoms with van der Waals surface area (Å²) in [6.07, 6.45) is 0. The Balaban J connectivity index is 1.46. The van der Waals surface area contributed by atoms with Gasteiger partial charge in [-0.05, 0) is 35.4 Å². The quantitative estimate of drug-likeness (QED) is 0.654. The van der Waals surface area contributed by atoms with Crippen LogP contribution in [0.2, 0.25) is 0 Å². The first kappa shape index (κ1) is 18.5. The van der Waals surface area contributed by atoms with Gasteiger partial charge in [-0.2, -0.15) is 0 Å². The fraction of sp³-hybridized carbons (Fsp3) is 0.136. The van der Waals surface area contributed by atoms with Gasteiger partial charge in [0.2, 0.25) is 0 Å². The van der Waals surface area contributed by atoms with Gasteiger partial charge in [-0.1, -0.05) is 54.6 Å². The van der Waals surface area contributed by atoms with Gasteiger partial charge >= 0.3 is 0 Å². The molecule has 1 N–H and O–H groups in total. The molecule has 0 aromatic heterocycles. The summed E-state index contributed by atoms with van der Waals surface area (Å²) in [7, 11) is 0. The molecule has 0 atom stereocenters. The lowest BCUT2D eigenvalue weighted by atomic mass is 10.2. The Morgan fingerprint density at radius 3 is 2.41 bits per heavy atom. The van der Waals surface area contributed by atoms with Crippen molar-refractivity contribution in [2.75, 3.05) is 6.61 Å². The summed E-state index contributed by atoms with van der Waals surface area (Å²) in [4.78, 5) is 11.9. The average molecular weight is 365 g/mol. The van der Waals surface area contributed by atoms with Crippen LogP contribution >= 0.6 is 0 Å². The maximum atomic E-state index is 13.5. The highest BCUT2D eigenvalue weighted by Gasteiger charge is 2.06. The van der Waals surface area contributed by atoms with E-state index >= 15 is 0 Å². The number of ether oxygens (including phenoxy) is 2. The lowest BCUT2D eigenvalue weighted by Gasteiger charge is -2.10. The maximum Gasteiger partial charge on any atom is 0.258 e. The van der Waals surface area contributed by atoms with Crippen molar-refractivity contribution in [3.8, 4) is 11.5 Å². The standard InChI is InChI=1S/C22H20FNO3/c23-20-11-4-5-12-21(20)27-16-22(25)24-14-18-9-6-10-19(13-18)26-15-17-7-2-1-3-8-17/h1-13H,14-16H2,(H,24,25). The van der Waals surface area contributed by atoms with E-state index in [0.717, 1.165) is 16.9 Å². The highest BCUT2D eigenvalue weighted by Crippen LogP contribution is 2.16. The van der Waals surface area contributed by atoms with Crippen LogP contribution in [0, 0.1) is 5.82 Å². The molecular formula is C22H20FNO3. The van der Waals surface area contributed by atoms with E-state index in [1.165, 1.54) is 12.1 Å². The van der Waals surface area contributed by atoms with E-state index in [-0.39, 0.29) is 18.3 Å². The molecule has 5 heteroatoms. The molecule has 0 saturated heterocycles. The van der Waals surface area contributed by atoms with Crippen LogP contribution < -0.4 is 14.8 Å². The molecule has 4 nitrogen and oxygen atoms in total. The summed E-state index contributed by atoms with van der Waals surface area (Å²) in [5, 5.41) is 2.75. The number of halogens is 1. The van der Waals surface area contributed by atoms with Crippen molar-refractivity contribution in [3.63, 3.8) is 0 Å². The zero-order valence-corrected chi connectivity index (χ0v) is 14.7. The minimum Gasteiger partial charge on any atom is -0.489 e. The predicted octanol–water partition coefficient (Wildman–Crippen LogP) is 4.10. The van der Waals surface area contributed by atoms with Crippen LogP contribution in [-0.4, -0.2) is 12.5 Å². The van der Waals surface area contributed by atoms with Crippen LogP contribution in [0.25, 0.3) is 0 Å². The molecule has 3 rings (SSSR count). The third kappa shape index (κ3) is 5.85. The second-order valence-corrected chi connectivity index (χ2v) is 5.92. The van der Waals surface area contributed by atoms with Crippen molar-refractivity contribution >= 4 is 5.91 Å². The van der Waals surface area contributed by atoms with Crippen LogP contribution in [-0.2, 0) is 17.9 Å². The normalized spacial score (nSPS) is 10.3. The predicted molar refractivity (Wildman–Crippen MR) is 101 cm³/mol. The molecule has 0 aliphatic heterocycles. The SMILES string of the molecule is O=C(COc1ccccc1F)NCc1cccc(OCc2ccccc2)c1. The Labute approximate surface area is 157 Å². The summed E-state index contributed by atoms with van der Waals surface area (Å²) >= 11 is 0. The third-order valence-corrected chi connectivity index (χ3v) is 3.83. The Hall–Kier alpha value is -3.34. The molecule has 0 aliphatic rings. The van der Waals surface area contributed by atoms with Gasteiger partial charge in [-0.15, -0.1) is 0 Å². The van der Waals surface area contributed by atoms with Crippen molar-refractivity contribution in [3.05, 3.63) is 95.8 Å². The molecule has 0 bridgehead atoms. The van der Waals surface area contributed by atoms with Gasteiger partial charge < -0.3 is 14.8 Å². The molecule has 27 heavy (non-hydrogen) atoms. The molecule has 0 saturated carbocycles. The number of para-hydroxylation sites is 1. The Bertz CT molecular complexity index is 883.